The molecule has 284 valence electrons. The van der Waals surface area contributed by atoms with Gasteiger partial charge in [-0.25, -0.2) is 9.59 Å². The number of carbonyl (C=O) groups is 3. The zero-order valence-electron chi connectivity index (χ0n) is 30.6. The minimum atomic E-state index is -1.79. The molecule has 12 nitrogen and oxygen atoms in total. The summed E-state index contributed by atoms with van der Waals surface area (Å²) in [5.41, 5.74) is 0.293. The zero-order chi connectivity index (χ0) is 37.5. The summed E-state index contributed by atoms with van der Waals surface area (Å²) in [6.07, 6.45) is 3.24. The first-order valence-corrected chi connectivity index (χ1v) is 20.1. The number of allylic oxidation sites excluding steroid dienone is 3. The molecule has 8 atom stereocenters. The quantitative estimate of drug-likeness (QED) is 0.129. The third kappa shape index (κ3) is 10.2. The molecule has 0 radical (unpaired) electrons. The highest BCUT2D eigenvalue weighted by atomic mass is 35.5. The van der Waals surface area contributed by atoms with Crippen molar-refractivity contribution < 1.29 is 47.9 Å². The molecule has 3 heterocycles. The number of halogens is 1. The van der Waals surface area contributed by atoms with Gasteiger partial charge in [0.15, 0.2) is 11.8 Å². The van der Waals surface area contributed by atoms with E-state index in [2.05, 4.69) is 5.32 Å². The summed E-state index contributed by atoms with van der Waals surface area (Å²) in [7, 11) is 7.89. The maximum atomic E-state index is 14.0. The lowest BCUT2D eigenvalue weighted by atomic mass is 9.83. The van der Waals surface area contributed by atoms with Gasteiger partial charge in [-0.15, -0.1) is 0 Å². The minimum Gasteiger partial charge on any atom is -0.457 e. The standard InChI is InChI=1S/C36H51ClN2O10S2/c1-21-11-9-12-28(45-7)36(43)19-26(47-34(42)38-36)23(3)32-35(4,49-32)29(48-33(41)27(44-6)20-46-13-10-14-51-50-8)18-30(40)39(5)25-17-24(15-21)16-22(2)31(25)37/h9,11-12,16-17,23,26-29,32,43H,10,13-15,18-20H2,1-8H3,(H,38,42)/b12-9+,21-11+/t23-,26?,27?,28-,29+,32+,35+,36+/m1/s1. The number of amides is 2. The smallest absolute Gasteiger partial charge is 0.409 e. The molecule has 3 aliphatic rings. The average Bonchev–Trinajstić information content (AvgIpc) is 3.78. The van der Waals surface area contributed by atoms with E-state index in [1.54, 1.807) is 47.7 Å². The molecule has 4 bridgehead atoms. The number of aliphatic hydroxyl groups is 1. The van der Waals surface area contributed by atoms with Crippen LogP contribution in [0, 0.1) is 12.8 Å². The van der Waals surface area contributed by atoms with E-state index in [4.69, 9.17) is 40.0 Å². The average molecular weight is 771 g/mol. The number of nitrogens with one attached hydrogen (secondary N) is 1. The van der Waals surface area contributed by atoms with Crippen molar-refractivity contribution in [2.45, 2.75) is 95.2 Å². The van der Waals surface area contributed by atoms with Gasteiger partial charge in [-0.1, -0.05) is 70.0 Å². The maximum absolute atomic E-state index is 14.0. The van der Waals surface area contributed by atoms with E-state index in [1.165, 1.54) is 19.1 Å². The van der Waals surface area contributed by atoms with Gasteiger partial charge < -0.3 is 38.4 Å². The summed E-state index contributed by atoms with van der Waals surface area (Å²) in [4.78, 5) is 41.9. The number of ether oxygens (including phenoxy) is 6. The molecule has 15 heteroatoms. The van der Waals surface area contributed by atoms with E-state index >= 15 is 0 Å². The number of alkyl carbamates (subject to hydrolysis) is 1. The Labute approximate surface area is 313 Å². The lowest BCUT2D eigenvalue weighted by Gasteiger charge is -2.42. The second-order valence-electron chi connectivity index (χ2n) is 13.5. The third-order valence-electron chi connectivity index (χ3n) is 9.66. The molecule has 1 aromatic rings. The van der Waals surface area contributed by atoms with Crippen LogP contribution in [0.5, 0.6) is 0 Å². The number of hydrogen-bond acceptors (Lipinski definition) is 12. The number of hydrogen-bond donors (Lipinski definition) is 2. The number of benzene rings is 1. The van der Waals surface area contributed by atoms with Crippen LogP contribution in [0.15, 0.2) is 35.9 Å². The van der Waals surface area contributed by atoms with Crippen LogP contribution in [-0.4, -0.2) is 111 Å². The summed E-state index contributed by atoms with van der Waals surface area (Å²) in [6.45, 7) is 7.85. The number of epoxide rings is 1. The second kappa shape index (κ2) is 18.2. The molecule has 0 saturated carbocycles. The van der Waals surface area contributed by atoms with Crippen molar-refractivity contribution in [3.05, 3.63) is 52.1 Å². The van der Waals surface area contributed by atoms with Gasteiger partial charge in [0.2, 0.25) is 5.91 Å². The predicted molar refractivity (Wildman–Crippen MR) is 199 cm³/mol. The van der Waals surface area contributed by atoms with E-state index in [-0.39, 0.29) is 25.4 Å². The molecule has 4 rings (SSSR count). The molecule has 51 heavy (non-hydrogen) atoms. The van der Waals surface area contributed by atoms with Crippen LogP contribution >= 0.6 is 33.2 Å². The highest BCUT2D eigenvalue weighted by molar-refractivity contribution is 8.76. The number of anilines is 1. The van der Waals surface area contributed by atoms with Gasteiger partial charge in [0.1, 0.15) is 23.9 Å². The molecule has 2 fully saturated rings. The Hall–Kier alpha value is -2.30. The number of methoxy groups -OCH3 is 2. The van der Waals surface area contributed by atoms with E-state index in [0.717, 1.165) is 28.9 Å². The third-order valence-corrected chi connectivity index (χ3v) is 12.0. The fourth-order valence-corrected chi connectivity index (χ4v) is 8.08. The monoisotopic (exact) mass is 770 g/mol. The molecule has 0 aromatic heterocycles. The van der Waals surface area contributed by atoms with E-state index in [1.807, 2.05) is 45.2 Å². The van der Waals surface area contributed by atoms with Gasteiger partial charge in [-0.05, 0) is 57.1 Å². The summed E-state index contributed by atoms with van der Waals surface area (Å²) in [6, 6.07) is 3.84. The number of fused-ring (bicyclic) bond motifs is 5. The first-order valence-electron chi connectivity index (χ1n) is 16.9. The molecule has 3 aliphatic heterocycles. The first-order chi connectivity index (χ1) is 24.2. The Kier molecular flexibility index (Phi) is 14.8. The SMILES string of the molecule is COC(COCCCSSC)C(=O)O[C@H]1CC(=O)N(C)c2cc(cc(C)c2Cl)C/C(C)=C/C=C/[C@@H](OC)[C@@]2(O)CC(OC(=O)N2)[C@@H](C)[C@@H]2O[C@@]12C. The molecule has 1 aromatic carbocycles. The van der Waals surface area contributed by atoms with Gasteiger partial charge in [0.05, 0.1) is 29.8 Å². The zero-order valence-corrected chi connectivity index (χ0v) is 33.0. The normalized spacial score (nSPS) is 32.2. The van der Waals surface area contributed by atoms with Crippen LogP contribution in [0.1, 0.15) is 51.2 Å². The van der Waals surface area contributed by atoms with E-state index in [0.29, 0.717) is 23.7 Å². The molecule has 2 amide bonds. The van der Waals surface area contributed by atoms with Crippen LogP contribution in [0.25, 0.3) is 0 Å². The van der Waals surface area contributed by atoms with Crippen LogP contribution in [-0.2, 0) is 44.4 Å². The first kappa shape index (κ1) is 41.5. The van der Waals surface area contributed by atoms with Crippen molar-refractivity contribution in [1.82, 2.24) is 5.32 Å². The summed E-state index contributed by atoms with van der Waals surface area (Å²) in [5.74, 6) is -0.633. The molecular weight excluding hydrogens is 720 g/mol. The number of rotatable bonds is 11. The Morgan fingerprint density at radius 2 is 2.00 bits per heavy atom. The van der Waals surface area contributed by atoms with Crippen LogP contribution in [0.4, 0.5) is 10.5 Å². The van der Waals surface area contributed by atoms with Gasteiger partial charge in [-0.2, -0.15) is 0 Å². The van der Waals surface area contributed by atoms with Crippen molar-refractivity contribution in [3.63, 3.8) is 0 Å². The van der Waals surface area contributed by atoms with Gasteiger partial charge in [0, 0.05) is 46.0 Å². The largest absolute Gasteiger partial charge is 0.457 e. The summed E-state index contributed by atoms with van der Waals surface area (Å²) >= 11 is 6.77. The topological polar surface area (TPSA) is 145 Å². The molecule has 2 N–H and O–H groups in total. The maximum Gasteiger partial charge on any atom is 0.409 e. The van der Waals surface area contributed by atoms with Gasteiger partial charge in [0.25, 0.3) is 0 Å². The number of aryl methyl sites for hydroxylation is 1. The van der Waals surface area contributed by atoms with Gasteiger partial charge in [-0.3, -0.25) is 10.1 Å². The van der Waals surface area contributed by atoms with E-state index in [9.17, 15) is 19.5 Å². The van der Waals surface area contributed by atoms with Crippen LogP contribution < -0.4 is 10.2 Å². The fourth-order valence-electron chi connectivity index (χ4n) is 6.58. The lowest BCUT2D eigenvalue weighted by molar-refractivity contribution is -0.168. The Morgan fingerprint density at radius 1 is 1.25 bits per heavy atom. The number of carbonyl (C=O) groups excluding carboxylic acids is 3. The second-order valence-corrected chi connectivity index (χ2v) is 16.5. The molecule has 2 unspecified atom stereocenters. The van der Waals surface area contributed by atoms with Crippen molar-refractivity contribution in [2.24, 2.45) is 5.92 Å². The Balaban J connectivity index is 1.69. The predicted octanol–water partition coefficient (Wildman–Crippen LogP) is 5.40. The summed E-state index contributed by atoms with van der Waals surface area (Å²) < 4.78 is 34.8. The highest BCUT2D eigenvalue weighted by Crippen LogP contribution is 2.49. The molecule has 0 aliphatic carbocycles. The Morgan fingerprint density at radius 3 is 2.69 bits per heavy atom. The number of nitrogens with zero attached hydrogens (tertiary/aromatic N) is 1. The highest BCUT2D eigenvalue weighted by Gasteiger charge is 2.64. The van der Waals surface area contributed by atoms with E-state index < -0.39 is 59.8 Å². The minimum absolute atomic E-state index is 0.0182. The van der Waals surface area contributed by atoms with Crippen molar-refractivity contribution >= 4 is 56.8 Å². The van der Waals surface area contributed by atoms with Crippen molar-refractivity contribution in [2.75, 3.05) is 51.4 Å². The molecule has 0 spiro atoms. The molecular formula is C36H51ClN2O10S2. The summed E-state index contributed by atoms with van der Waals surface area (Å²) in [5, 5.41) is 14.7. The molecule has 2 saturated heterocycles. The lowest BCUT2D eigenvalue weighted by Crippen LogP contribution is -2.63. The van der Waals surface area contributed by atoms with Gasteiger partial charge >= 0.3 is 12.1 Å². The van der Waals surface area contributed by atoms with Crippen molar-refractivity contribution in [1.29, 1.82) is 0 Å². The van der Waals surface area contributed by atoms with Crippen LogP contribution in [0.3, 0.4) is 0 Å². The van der Waals surface area contributed by atoms with Crippen molar-refractivity contribution in [3.8, 4) is 0 Å². The van der Waals surface area contributed by atoms with Crippen LogP contribution in [0.2, 0.25) is 5.02 Å². The fraction of sp³-hybridized carbons (Fsp3) is 0.639. The number of esters is 1. The Bertz CT molecular complexity index is 1480.